The lowest BCUT2D eigenvalue weighted by Crippen LogP contribution is -2.12. The minimum Gasteiger partial charge on any atom is -0.309 e. The minimum atomic E-state index is -2.79. The third-order valence-corrected chi connectivity index (χ3v) is 0.421. The van der Waals surface area contributed by atoms with Gasteiger partial charge in [-0.05, 0) is 27.0 Å². The molecule has 0 aliphatic rings. The zero-order valence-electron chi connectivity index (χ0n) is 10.3. The number of rotatable bonds is 3. The summed E-state index contributed by atoms with van der Waals surface area (Å²) in [6, 6.07) is 0. The molecule has 7 heavy (non-hydrogen) atoms. The van der Waals surface area contributed by atoms with E-state index in [1.54, 1.807) is 0 Å². The molecule has 0 rings (SSSR count). The van der Waals surface area contributed by atoms with Gasteiger partial charge in [0.1, 0.15) is 0 Å². The van der Waals surface area contributed by atoms with E-state index in [0.29, 0.717) is 0 Å². The van der Waals surface area contributed by atoms with Gasteiger partial charge in [-0.15, -0.1) is 11.6 Å². The Bertz CT molecular complexity index is 186. The average molecular weight is 128 g/mol. The molecule has 0 aromatic heterocycles. The van der Waals surface area contributed by atoms with Crippen LogP contribution in [0, 0.1) is 0 Å². The standard InChI is InChI=1S/C5H12ClN/c1-7(2)5-3-4-6/h3-5H2,1-2H3/i3D2,4D2,5D2. The van der Waals surface area contributed by atoms with Crippen LogP contribution in [0.2, 0.25) is 0 Å². The van der Waals surface area contributed by atoms with E-state index in [1.807, 2.05) is 0 Å². The number of halogens is 1. The highest BCUT2D eigenvalue weighted by Crippen LogP contribution is 1.84. The van der Waals surface area contributed by atoms with Gasteiger partial charge in [0.05, 0.1) is 0 Å². The summed E-state index contributed by atoms with van der Waals surface area (Å²) in [7, 11) is 2.64. The van der Waals surface area contributed by atoms with Crippen molar-refractivity contribution in [3.8, 4) is 0 Å². The van der Waals surface area contributed by atoms with Crippen LogP contribution >= 0.6 is 11.6 Å². The maximum absolute atomic E-state index is 7.33. The summed E-state index contributed by atoms with van der Waals surface area (Å²) in [6.07, 6.45) is -2.79. The first-order valence-corrected chi connectivity index (χ1v) is 2.18. The van der Waals surface area contributed by atoms with Crippen LogP contribution in [-0.4, -0.2) is 31.3 Å². The van der Waals surface area contributed by atoms with E-state index < -0.39 is 18.7 Å². The summed E-state index contributed by atoms with van der Waals surface area (Å²) in [5, 5.41) is 0. The van der Waals surface area contributed by atoms with E-state index in [2.05, 4.69) is 0 Å². The molecule has 0 aromatic carbocycles. The number of hydrogen-bond donors (Lipinski definition) is 0. The van der Waals surface area contributed by atoms with Crippen molar-refractivity contribution in [1.82, 2.24) is 4.90 Å². The molecule has 0 aliphatic carbocycles. The smallest absolute Gasteiger partial charge is 0.0436 e. The van der Waals surface area contributed by atoms with Crippen LogP contribution in [0.15, 0.2) is 0 Å². The number of alkyl halides is 1. The van der Waals surface area contributed by atoms with E-state index in [9.17, 15) is 0 Å². The van der Waals surface area contributed by atoms with Crippen molar-refractivity contribution < 1.29 is 8.22 Å². The molecule has 0 N–H and O–H groups in total. The van der Waals surface area contributed by atoms with E-state index in [0.717, 1.165) is 4.90 Å². The first kappa shape index (κ1) is 1.89. The first-order chi connectivity index (χ1) is 5.44. The Balaban J connectivity index is 5.04. The van der Waals surface area contributed by atoms with Gasteiger partial charge in [0.15, 0.2) is 0 Å². The van der Waals surface area contributed by atoms with Gasteiger partial charge >= 0.3 is 0 Å². The highest BCUT2D eigenvalue weighted by Gasteiger charge is 1.84. The molecule has 0 heterocycles. The minimum absolute atomic E-state index is 0.952. The molecule has 44 valence electrons. The van der Waals surface area contributed by atoms with E-state index in [1.165, 1.54) is 14.1 Å². The molecule has 0 saturated heterocycles. The lowest BCUT2D eigenvalue weighted by atomic mass is 10.5. The molecule has 2 heteroatoms. The molecular weight excluding hydrogens is 110 g/mol. The van der Waals surface area contributed by atoms with Crippen molar-refractivity contribution in [3.63, 3.8) is 0 Å². The van der Waals surface area contributed by atoms with Gasteiger partial charge in [-0.1, -0.05) is 0 Å². The van der Waals surface area contributed by atoms with E-state index >= 15 is 0 Å². The van der Waals surface area contributed by atoms with Gasteiger partial charge < -0.3 is 4.90 Å². The Kier molecular flexibility index (Phi) is 1.19. The van der Waals surface area contributed by atoms with Gasteiger partial charge in [-0.3, -0.25) is 0 Å². The summed E-state index contributed by atoms with van der Waals surface area (Å²) in [5.41, 5.74) is 0. The first-order valence-electron chi connectivity index (χ1n) is 4.81. The normalized spacial score (nSPS) is 29.1. The van der Waals surface area contributed by atoms with Gasteiger partial charge in [-0.25, -0.2) is 0 Å². The highest BCUT2D eigenvalue weighted by atomic mass is 35.5. The van der Waals surface area contributed by atoms with Gasteiger partial charge in [-0.2, -0.15) is 0 Å². The third-order valence-electron chi connectivity index (χ3n) is 0.327. The van der Waals surface area contributed by atoms with Crippen LogP contribution < -0.4 is 0 Å². The highest BCUT2D eigenvalue weighted by molar-refractivity contribution is 6.17. The topological polar surface area (TPSA) is 3.24 Å². The molecule has 0 saturated carbocycles. The summed E-state index contributed by atoms with van der Waals surface area (Å²) in [4.78, 5) is 0.952. The fourth-order valence-corrected chi connectivity index (χ4v) is 0.175. The molecule has 0 unspecified atom stereocenters. The van der Waals surface area contributed by atoms with E-state index in [-0.39, 0.29) is 0 Å². The Morgan fingerprint density at radius 1 is 1.71 bits per heavy atom. The van der Waals surface area contributed by atoms with Crippen LogP contribution in [0.1, 0.15) is 14.6 Å². The van der Waals surface area contributed by atoms with Gasteiger partial charge in [0, 0.05) is 14.1 Å². The quantitative estimate of drug-likeness (QED) is 0.515. The van der Waals surface area contributed by atoms with E-state index in [4.69, 9.17) is 19.8 Å². The van der Waals surface area contributed by atoms with Crippen LogP contribution in [0.4, 0.5) is 0 Å². The second kappa shape index (κ2) is 4.41. The summed E-state index contributed by atoms with van der Waals surface area (Å²) in [5.74, 6) is -2.75. The fourth-order valence-electron chi connectivity index (χ4n) is 0.133. The molecule has 0 atom stereocenters. The van der Waals surface area contributed by atoms with Crippen LogP contribution in [0.5, 0.6) is 0 Å². The Hall–Kier alpha value is 0.250. The number of hydrogen-bond acceptors (Lipinski definition) is 1. The maximum atomic E-state index is 7.33. The van der Waals surface area contributed by atoms with Gasteiger partial charge in [0.25, 0.3) is 0 Å². The largest absolute Gasteiger partial charge is 0.309 e. The van der Waals surface area contributed by atoms with Crippen LogP contribution in [-0.2, 0) is 0 Å². The molecule has 0 bridgehead atoms. The Morgan fingerprint density at radius 2 is 2.29 bits per heavy atom. The predicted octanol–water partition coefficient (Wildman–Crippen LogP) is 1.18. The van der Waals surface area contributed by atoms with Crippen molar-refractivity contribution in [3.05, 3.63) is 0 Å². The summed E-state index contributed by atoms with van der Waals surface area (Å²) >= 11 is 5.15. The lowest BCUT2D eigenvalue weighted by Gasteiger charge is -2.05. The molecule has 0 aromatic rings. The van der Waals surface area contributed by atoms with Crippen LogP contribution in [0.25, 0.3) is 0 Å². The average Bonchev–Trinajstić information content (AvgIpc) is 1.84. The zero-order chi connectivity index (χ0) is 11.1. The Labute approximate surface area is 58.7 Å². The molecule has 1 nitrogen and oxygen atoms in total. The van der Waals surface area contributed by atoms with Crippen molar-refractivity contribution in [1.29, 1.82) is 0 Å². The summed E-state index contributed by atoms with van der Waals surface area (Å²) in [6.45, 7) is -2.46. The zero-order valence-corrected chi connectivity index (χ0v) is 5.08. The predicted molar refractivity (Wildman–Crippen MR) is 33.9 cm³/mol. The maximum Gasteiger partial charge on any atom is 0.0436 e. The SMILES string of the molecule is [2H]C([2H])(Cl)C([2H])([2H])C([2H])([2H])N(C)C. The van der Waals surface area contributed by atoms with Crippen LogP contribution in [0.3, 0.4) is 0 Å². The molecular formula is C5H12ClN. The molecule has 0 amide bonds. The number of nitrogens with zero attached hydrogens (tertiary/aromatic N) is 1. The summed E-state index contributed by atoms with van der Waals surface area (Å²) < 4.78 is 43.1. The molecule has 0 fully saturated rings. The second-order valence-electron chi connectivity index (χ2n) is 1.23. The second-order valence-corrected chi connectivity index (χ2v) is 1.41. The van der Waals surface area contributed by atoms with Crippen molar-refractivity contribution in [2.45, 2.75) is 6.37 Å². The molecule has 0 spiro atoms. The Morgan fingerprint density at radius 3 is 2.43 bits per heavy atom. The molecule has 0 aliphatic heterocycles. The monoisotopic (exact) mass is 127 g/mol. The molecule has 0 radical (unpaired) electrons. The van der Waals surface area contributed by atoms with Gasteiger partial charge in [0.2, 0.25) is 0 Å². The lowest BCUT2D eigenvalue weighted by molar-refractivity contribution is 0.409. The third kappa shape index (κ3) is 6.25. The van der Waals surface area contributed by atoms with Crippen molar-refractivity contribution in [2.75, 3.05) is 26.4 Å². The van der Waals surface area contributed by atoms with Crippen molar-refractivity contribution >= 4 is 11.6 Å². The van der Waals surface area contributed by atoms with Crippen molar-refractivity contribution in [2.24, 2.45) is 0 Å². The fraction of sp³-hybridized carbons (Fsp3) is 1.00.